The molecule has 186 valence electrons. The van der Waals surface area contributed by atoms with Crippen LogP contribution < -0.4 is 10.6 Å². The van der Waals surface area contributed by atoms with Gasteiger partial charge in [-0.05, 0) is 59.9 Å². The molecule has 35 heavy (non-hydrogen) atoms. The lowest BCUT2D eigenvalue weighted by Crippen LogP contribution is -2.51. The van der Waals surface area contributed by atoms with Crippen LogP contribution in [0.5, 0.6) is 0 Å². The zero-order valence-electron chi connectivity index (χ0n) is 19.9. The van der Waals surface area contributed by atoms with Crippen LogP contribution in [0.25, 0.3) is 11.1 Å². The molecule has 2 aromatic carbocycles. The van der Waals surface area contributed by atoms with Crippen LogP contribution in [0.1, 0.15) is 49.1 Å². The Hall–Kier alpha value is -3.00. The van der Waals surface area contributed by atoms with E-state index >= 15 is 0 Å². The summed E-state index contributed by atoms with van der Waals surface area (Å²) in [4.78, 5) is 37.1. The van der Waals surface area contributed by atoms with Gasteiger partial charge in [-0.25, -0.2) is 4.79 Å². The van der Waals surface area contributed by atoms with Crippen molar-refractivity contribution in [1.29, 1.82) is 0 Å². The number of alkyl carbamates (subject to hydrolysis) is 1. The molecule has 2 amide bonds. The summed E-state index contributed by atoms with van der Waals surface area (Å²) >= 11 is 1.59. The molecular weight excluding hydrogens is 464 g/mol. The number of ether oxygens (including phenoxy) is 1. The van der Waals surface area contributed by atoms with Crippen molar-refractivity contribution in [2.75, 3.05) is 18.6 Å². The fourth-order valence-corrected chi connectivity index (χ4v) is 5.61. The highest BCUT2D eigenvalue weighted by molar-refractivity contribution is 7.98. The van der Waals surface area contributed by atoms with Crippen molar-refractivity contribution < 1.29 is 24.2 Å². The summed E-state index contributed by atoms with van der Waals surface area (Å²) in [6.45, 7) is 0.180. The minimum atomic E-state index is -0.820. The zero-order valence-corrected chi connectivity index (χ0v) is 20.7. The Balaban J connectivity index is 1.36. The summed E-state index contributed by atoms with van der Waals surface area (Å²) in [6.07, 6.45) is 4.34. The number of fused-ring (bicyclic) bond motifs is 3. The van der Waals surface area contributed by atoms with E-state index in [0.717, 1.165) is 35.1 Å². The van der Waals surface area contributed by atoms with Gasteiger partial charge in [0.1, 0.15) is 12.6 Å². The Morgan fingerprint density at radius 1 is 1.06 bits per heavy atom. The summed E-state index contributed by atoms with van der Waals surface area (Å²) in [5, 5.41) is 15.0. The van der Waals surface area contributed by atoms with Crippen LogP contribution in [0.2, 0.25) is 0 Å². The first-order valence-corrected chi connectivity index (χ1v) is 13.5. The smallest absolute Gasteiger partial charge is 0.407 e. The van der Waals surface area contributed by atoms with Gasteiger partial charge in [-0.2, -0.15) is 11.8 Å². The van der Waals surface area contributed by atoms with Gasteiger partial charge in [0.2, 0.25) is 5.91 Å². The molecule has 3 unspecified atom stereocenters. The molecule has 0 bridgehead atoms. The largest absolute Gasteiger partial charge is 0.481 e. The molecule has 2 aliphatic rings. The summed E-state index contributed by atoms with van der Waals surface area (Å²) < 4.78 is 5.62. The maximum absolute atomic E-state index is 13.0. The zero-order chi connectivity index (χ0) is 24.8. The predicted molar refractivity (Wildman–Crippen MR) is 137 cm³/mol. The van der Waals surface area contributed by atoms with Crippen LogP contribution >= 0.6 is 11.8 Å². The van der Waals surface area contributed by atoms with Gasteiger partial charge in [-0.1, -0.05) is 55.0 Å². The second-order valence-corrected chi connectivity index (χ2v) is 10.2. The first-order valence-electron chi connectivity index (χ1n) is 12.1. The van der Waals surface area contributed by atoms with Gasteiger partial charge in [0.15, 0.2) is 0 Å². The maximum atomic E-state index is 13.0. The van der Waals surface area contributed by atoms with Gasteiger partial charge < -0.3 is 20.5 Å². The number of benzene rings is 2. The van der Waals surface area contributed by atoms with Crippen molar-refractivity contribution >= 4 is 29.7 Å². The summed E-state index contributed by atoms with van der Waals surface area (Å²) in [5.74, 6) is -0.900. The standard InChI is InChI=1S/C27H32N2O5S/c1-35-14-13-24(25(30)28-18-8-6-7-17(15-18)26(31)32)29-27(33)34-16-23-21-11-4-2-9-19(21)20-10-3-5-12-22(20)23/h2-5,9-12,17-18,23-24H,6-8,13-16H2,1H3,(H,28,30)(H,29,33)(H,31,32). The van der Waals surface area contributed by atoms with Gasteiger partial charge in [-0.3, -0.25) is 9.59 Å². The third-order valence-electron chi connectivity index (χ3n) is 6.93. The van der Waals surface area contributed by atoms with E-state index in [1.54, 1.807) is 11.8 Å². The van der Waals surface area contributed by atoms with Crippen molar-refractivity contribution in [3.63, 3.8) is 0 Å². The van der Waals surface area contributed by atoms with Gasteiger partial charge in [0, 0.05) is 12.0 Å². The average Bonchev–Trinajstić information content (AvgIpc) is 3.19. The number of rotatable bonds is 9. The van der Waals surface area contributed by atoms with Gasteiger partial charge >= 0.3 is 12.1 Å². The summed E-state index contributed by atoms with van der Waals surface area (Å²) in [6, 6.07) is 15.3. The van der Waals surface area contributed by atoms with Crippen molar-refractivity contribution in [2.24, 2.45) is 5.92 Å². The Morgan fingerprint density at radius 2 is 1.71 bits per heavy atom. The van der Waals surface area contributed by atoms with E-state index in [9.17, 15) is 19.5 Å². The van der Waals surface area contributed by atoms with E-state index in [-0.39, 0.29) is 24.5 Å². The number of carbonyl (C=O) groups is 3. The first kappa shape index (κ1) is 25.1. The van der Waals surface area contributed by atoms with Crippen LogP contribution in [-0.2, 0) is 14.3 Å². The lowest BCUT2D eigenvalue weighted by atomic mass is 9.85. The molecule has 2 aromatic rings. The number of carboxylic acid groups (broad SMARTS) is 1. The number of carbonyl (C=O) groups excluding carboxylic acids is 2. The second kappa shape index (κ2) is 11.6. The van der Waals surface area contributed by atoms with E-state index in [4.69, 9.17) is 4.74 Å². The van der Waals surface area contributed by atoms with Crippen molar-refractivity contribution in [2.45, 2.75) is 50.1 Å². The van der Waals surface area contributed by atoms with E-state index < -0.39 is 24.0 Å². The fraction of sp³-hybridized carbons (Fsp3) is 0.444. The van der Waals surface area contributed by atoms with Crippen LogP contribution in [0.15, 0.2) is 48.5 Å². The van der Waals surface area contributed by atoms with Crippen LogP contribution in [0.4, 0.5) is 4.79 Å². The quantitative estimate of drug-likeness (QED) is 0.475. The van der Waals surface area contributed by atoms with E-state index in [2.05, 4.69) is 34.9 Å². The molecule has 8 heteroatoms. The summed E-state index contributed by atoms with van der Waals surface area (Å²) in [7, 11) is 0. The van der Waals surface area contributed by atoms with Crippen LogP contribution in [0.3, 0.4) is 0 Å². The molecule has 1 fully saturated rings. The molecule has 0 saturated heterocycles. The third-order valence-corrected chi connectivity index (χ3v) is 7.58. The topological polar surface area (TPSA) is 105 Å². The number of amides is 2. The first-order chi connectivity index (χ1) is 17.0. The Morgan fingerprint density at radius 3 is 2.34 bits per heavy atom. The molecule has 3 atom stereocenters. The molecule has 4 rings (SSSR count). The number of carboxylic acids is 1. The fourth-order valence-electron chi connectivity index (χ4n) is 5.13. The van der Waals surface area contributed by atoms with Crippen molar-refractivity contribution in [3.8, 4) is 11.1 Å². The average molecular weight is 497 g/mol. The molecule has 0 radical (unpaired) electrons. The highest BCUT2D eigenvalue weighted by atomic mass is 32.2. The Kier molecular flexibility index (Phi) is 8.33. The number of thioether (sulfide) groups is 1. The van der Waals surface area contributed by atoms with E-state index in [1.807, 2.05) is 30.5 Å². The number of hydrogen-bond acceptors (Lipinski definition) is 5. The summed E-state index contributed by atoms with van der Waals surface area (Å²) in [5.41, 5.74) is 4.56. The number of aliphatic carboxylic acids is 1. The minimum absolute atomic E-state index is 0.0539. The molecule has 0 heterocycles. The van der Waals surface area contributed by atoms with Crippen LogP contribution in [0, 0.1) is 5.92 Å². The number of nitrogens with one attached hydrogen (secondary N) is 2. The molecule has 1 saturated carbocycles. The van der Waals surface area contributed by atoms with Gasteiger partial charge in [0.05, 0.1) is 5.92 Å². The maximum Gasteiger partial charge on any atom is 0.407 e. The monoisotopic (exact) mass is 496 g/mol. The molecular formula is C27H32N2O5S. The van der Waals surface area contributed by atoms with Gasteiger partial charge in [0.25, 0.3) is 0 Å². The molecule has 0 spiro atoms. The molecule has 0 aliphatic heterocycles. The van der Waals surface area contributed by atoms with Crippen molar-refractivity contribution in [1.82, 2.24) is 10.6 Å². The van der Waals surface area contributed by atoms with E-state index in [1.165, 1.54) is 0 Å². The molecule has 3 N–H and O–H groups in total. The van der Waals surface area contributed by atoms with E-state index in [0.29, 0.717) is 25.0 Å². The molecule has 7 nitrogen and oxygen atoms in total. The molecule has 2 aliphatic carbocycles. The lowest BCUT2D eigenvalue weighted by Gasteiger charge is -2.29. The van der Waals surface area contributed by atoms with Crippen LogP contribution in [-0.4, -0.2) is 53.8 Å². The number of hydrogen-bond donors (Lipinski definition) is 3. The normalized spacial score (nSPS) is 19.8. The second-order valence-electron chi connectivity index (χ2n) is 9.21. The highest BCUT2D eigenvalue weighted by Crippen LogP contribution is 2.44. The van der Waals surface area contributed by atoms with Crippen molar-refractivity contribution in [3.05, 3.63) is 59.7 Å². The Labute approximate surface area is 210 Å². The third kappa shape index (κ3) is 5.99. The minimum Gasteiger partial charge on any atom is -0.481 e. The highest BCUT2D eigenvalue weighted by Gasteiger charge is 2.32. The Bertz CT molecular complexity index is 1030. The molecule has 0 aromatic heterocycles. The SMILES string of the molecule is CSCCC(NC(=O)OCC1c2ccccc2-c2ccccc21)C(=O)NC1CCCC(C(=O)O)C1. The lowest BCUT2D eigenvalue weighted by molar-refractivity contribution is -0.143. The van der Waals surface area contributed by atoms with Gasteiger partial charge in [-0.15, -0.1) is 0 Å². The predicted octanol–water partition coefficient (Wildman–Crippen LogP) is 4.41.